The highest BCUT2D eigenvalue weighted by molar-refractivity contribution is 6.05. The number of hydrogen-bond acceptors (Lipinski definition) is 3. The fourth-order valence-electron chi connectivity index (χ4n) is 2.55. The van der Waals surface area contributed by atoms with Crippen LogP contribution in [0.4, 0.5) is 5.69 Å². The van der Waals surface area contributed by atoms with Crippen LogP contribution in [0.1, 0.15) is 26.3 Å². The Balaban J connectivity index is 1.64. The molecule has 130 valence electrons. The van der Waals surface area contributed by atoms with Gasteiger partial charge in [-0.05, 0) is 30.7 Å². The quantitative estimate of drug-likeness (QED) is 0.669. The SMILES string of the molecule is Cc1ccccc1C(=O)Nc1cccc(OCC(=O)c2ccccc2)c1. The van der Waals surface area contributed by atoms with E-state index in [1.165, 1.54) is 0 Å². The topological polar surface area (TPSA) is 55.4 Å². The summed E-state index contributed by atoms with van der Waals surface area (Å²) in [5.41, 5.74) is 2.75. The van der Waals surface area contributed by atoms with Crippen molar-refractivity contribution in [3.8, 4) is 5.75 Å². The van der Waals surface area contributed by atoms with E-state index >= 15 is 0 Å². The molecule has 0 heterocycles. The lowest BCUT2D eigenvalue weighted by atomic mass is 10.1. The van der Waals surface area contributed by atoms with E-state index in [2.05, 4.69) is 5.32 Å². The molecule has 3 rings (SSSR count). The molecule has 0 saturated carbocycles. The van der Waals surface area contributed by atoms with Gasteiger partial charge in [0.15, 0.2) is 12.4 Å². The summed E-state index contributed by atoms with van der Waals surface area (Å²) in [7, 11) is 0. The van der Waals surface area contributed by atoms with Crippen LogP contribution in [0.15, 0.2) is 78.9 Å². The third-order valence-electron chi connectivity index (χ3n) is 3.95. The summed E-state index contributed by atoms with van der Waals surface area (Å²) >= 11 is 0. The van der Waals surface area contributed by atoms with Gasteiger partial charge in [0, 0.05) is 22.9 Å². The monoisotopic (exact) mass is 345 g/mol. The van der Waals surface area contributed by atoms with Crippen LogP contribution in [0.3, 0.4) is 0 Å². The fraction of sp³-hybridized carbons (Fsp3) is 0.0909. The van der Waals surface area contributed by atoms with Crippen molar-refractivity contribution in [3.63, 3.8) is 0 Å². The first-order valence-corrected chi connectivity index (χ1v) is 8.31. The van der Waals surface area contributed by atoms with Crippen LogP contribution in [0.2, 0.25) is 0 Å². The normalized spacial score (nSPS) is 10.2. The number of nitrogens with one attached hydrogen (secondary N) is 1. The van der Waals surface area contributed by atoms with Crippen molar-refractivity contribution in [1.82, 2.24) is 0 Å². The molecule has 0 aliphatic heterocycles. The number of aryl methyl sites for hydroxylation is 1. The van der Waals surface area contributed by atoms with Gasteiger partial charge in [0.1, 0.15) is 5.75 Å². The largest absolute Gasteiger partial charge is 0.485 e. The predicted octanol–water partition coefficient (Wildman–Crippen LogP) is 4.51. The lowest BCUT2D eigenvalue weighted by Crippen LogP contribution is -2.14. The number of carbonyl (C=O) groups is 2. The molecule has 0 aromatic heterocycles. The Morgan fingerprint density at radius 2 is 1.62 bits per heavy atom. The van der Waals surface area contributed by atoms with Gasteiger partial charge in [0.2, 0.25) is 0 Å². The molecule has 0 aliphatic carbocycles. The number of Topliss-reactive ketones (excluding diaryl/α,β-unsaturated/α-hetero) is 1. The minimum atomic E-state index is -0.180. The molecule has 3 aromatic rings. The van der Waals surface area contributed by atoms with Crippen LogP contribution in [0.5, 0.6) is 5.75 Å². The second kappa shape index (κ2) is 8.12. The number of hydrogen-bond donors (Lipinski definition) is 1. The van der Waals surface area contributed by atoms with E-state index in [4.69, 9.17) is 4.74 Å². The van der Waals surface area contributed by atoms with Gasteiger partial charge in [-0.2, -0.15) is 0 Å². The maximum atomic E-state index is 12.4. The lowest BCUT2D eigenvalue weighted by molar-refractivity contribution is 0.0920. The fourth-order valence-corrected chi connectivity index (χ4v) is 2.55. The molecule has 0 saturated heterocycles. The van der Waals surface area contributed by atoms with Crippen molar-refractivity contribution in [1.29, 1.82) is 0 Å². The summed E-state index contributed by atoms with van der Waals surface area (Å²) in [6.45, 7) is 1.84. The number of rotatable bonds is 6. The summed E-state index contributed by atoms with van der Waals surface area (Å²) in [4.78, 5) is 24.5. The smallest absolute Gasteiger partial charge is 0.255 e. The van der Waals surface area contributed by atoms with Gasteiger partial charge in [-0.1, -0.05) is 54.6 Å². The van der Waals surface area contributed by atoms with Gasteiger partial charge < -0.3 is 10.1 Å². The molecule has 0 atom stereocenters. The number of carbonyl (C=O) groups excluding carboxylic acids is 2. The average Bonchev–Trinajstić information content (AvgIpc) is 2.67. The van der Waals surface area contributed by atoms with Crippen LogP contribution in [-0.4, -0.2) is 18.3 Å². The van der Waals surface area contributed by atoms with Gasteiger partial charge >= 0.3 is 0 Å². The summed E-state index contributed by atoms with van der Waals surface area (Å²) in [5.74, 6) is 0.248. The van der Waals surface area contributed by atoms with Crippen LogP contribution < -0.4 is 10.1 Å². The Morgan fingerprint density at radius 1 is 0.885 bits per heavy atom. The highest BCUT2D eigenvalue weighted by atomic mass is 16.5. The Morgan fingerprint density at radius 3 is 2.38 bits per heavy atom. The van der Waals surface area contributed by atoms with Crippen molar-refractivity contribution in [2.24, 2.45) is 0 Å². The third-order valence-corrected chi connectivity index (χ3v) is 3.95. The first-order valence-electron chi connectivity index (χ1n) is 8.31. The Bertz CT molecular complexity index is 919. The third kappa shape index (κ3) is 4.36. The van der Waals surface area contributed by atoms with E-state index in [0.717, 1.165) is 5.56 Å². The maximum absolute atomic E-state index is 12.4. The van der Waals surface area contributed by atoms with Gasteiger partial charge in [-0.15, -0.1) is 0 Å². The first-order chi connectivity index (χ1) is 12.6. The summed E-state index contributed by atoms with van der Waals surface area (Å²) in [5, 5.41) is 2.85. The van der Waals surface area contributed by atoms with Crippen molar-refractivity contribution >= 4 is 17.4 Å². The van der Waals surface area contributed by atoms with Gasteiger partial charge in [-0.25, -0.2) is 0 Å². The van der Waals surface area contributed by atoms with E-state index in [9.17, 15) is 9.59 Å². The predicted molar refractivity (Wildman–Crippen MR) is 102 cm³/mol. The Labute approximate surface area is 152 Å². The highest BCUT2D eigenvalue weighted by Gasteiger charge is 2.10. The Kier molecular flexibility index (Phi) is 5.44. The van der Waals surface area contributed by atoms with E-state index in [1.807, 2.05) is 43.3 Å². The molecule has 0 radical (unpaired) electrons. The molecular weight excluding hydrogens is 326 g/mol. The summed E-state index contributed by atoms with van der Waals surface area (Å²) in [6.07, 6.45) is 0. The number of anilines is 1. The molecule has 4 nitrogen and oxygen atoms in total. The van der Waals surface area contributed by atoms with Crippen molar-refractivity contribution in [2.75, 3.05) is 11.9 Å². The van der Waals surface area contributed by atoms with Crippen molar-refractivity contribution in [2.45, 2.75) is 6.92 Å². The van der Waals surface area contributed by atoms with Crippen LogP contribution in [-0.2, 0) is 0 Å². The maximum Gasteiger partial charge on any atom is 0.255 e. The van der Waals surface area contributed by atoms with E-state index in [0.29, 0.717) is 22.6 Å². The highest BCUT2D eigenvalue weighted by Crippen LogP contribution is 2.19. The molecule has 0 bridgehead atoms. The number of benzene rings is 3. The molecule has 3 aromatic carbocycles. The van der Waals surface area contributed by atoms with Gasteiger partial charge in [0.05, 0.1) is 0 Å². The number of amides is 1. The second-order valence-electron chi connectivity index (χ2n) is 5.87. The minimum Gasteiger partial charge on any atom is -0.485 e. The summed E-state index contributed by atoms with van der Waals surface area (Å²) in [6, 6.07) is 23.4. The van der Waals surface area contributed by atoms with E-state index in [1.54, 1.807) is 42.5 Å². The van der Waals surface area contributed by atoms with E-state index in [-0.39, 0.29) is 18.3 Å². The Hall–Kier alpha value is -3.40. The van der Waals surface area contributed by atoms with Crippen molar-refractivity contribution in [3.05, 3.63) is 95.6 Å². The minimum absolute atomic E-state index is 0.0563. The molecule has 0 spiro atoms. The molecule has 1 amide bonds. The zero-order valence-corrected chi connectivity index (χ0v) is 14.4. The first kappa shape index (κ1) is 17.4. The van der Waals surface area contributed by atoms with E-state index < -0.39 is 0 Å². The molecule has 4 heteroatoms. The molecule has 0 unspecified atom stereocenters. The van der Waals surface area contributed by atoms with Crippen LogP contribution >= 0.6 is 0 Å². The standard InChI is InChI=1S/C22H19NO3/c1-16-8-5-6-13-20(16)22(25)23-18-11-7-12-19(14-18)26-15-21(24)17-9-3-2-4-10-17/h2-14H,15H2,1H3,(H,23,25). The molecular formula is C22H19NO3. The zero-order chi connectivity index (χ0) is 18.4. The molecule has 0 fully saturated rings. The zero-order valence-electron chi connectivity index (χ0n) is 14.4. The molecule has 0 aliphatic rings. The second-order valence-corrected chi connectivity index (χ2v) is 5.87. The summed E-state index contributed by atoms with van der Waals surface area (Å²) < 4.78 is 5.57. The van der Waals surface area contributed by atoms with Gasteiger partial charge in [0.25, 0.3) is 5.91 Å². The molecule has 26 heavy (non-hydrogen) atoms. The molecule has 1 N–H and O–H groups in total. The number of ether oxygens (including phenoxy) is 1. The van der Waals surface area contributed by atoms with Crippen LogP contribution in [0.25, 0.3) is 0 Å². The van der Waals surface area contributed by atoms with Crippen LogP contribution in [0, 0.1) is 6.92 Å². The average molecular weight is 345 g/mol. The lowest BCUT2D eigenvalue weighted by Gasteiger charge is -2.10. The van der Waals surface area contributed by atoms with Gasteiger partial charge in [-0.3, -0.25) is 9.59 Å². The number of ketones is 1. The van der Waals surface area contributed by atoms with Crippen molar-refractivity contribution < 1.29 is 14.3 Å².